The molecule has 0 atom stereocenters. The van der Waals surface area contributed by atoms with Crippen molar-refractivity contribution >= 4 is 31.8 Å². The van der Waals surface area contributed by atoms with Gasteiger partial charge in [-0.15, -0.1) is 0 Å². The molecule has 8 heteroatoms. The molecule has 0 unspecified atom stereocenters. The fourth-order valence-electron chi connectivity index (χ4n) is 1.19. The van der Waals surface area contributed by atoms with Crippen LogP contribution in [-0.4, -0.2) is 18.9 Å². The Labute approximate surface area is 109 Å². The quantitative estimate of drug-likeness (QED) is 0.574. The minimum absolute atomic E-state index is 0.00398. The highest BCUT2D eigenvalue weighted by molar-refractivity contribution is 9.10. The molecule has 0 fully saturated rings. The number of nitrogens with two attached hydrogens (primary N) is 1. The van der Waals surface area contributed by atoms with Gasteiger partial charge in [-0.1, -0.05) is 0 Å². The molecule has 96 valence electrons. The summed E-state index contributed by atoms with van der Waals surface area (Å²) < 4.78 is 27.3. The van der Waals surface area contributed by atoms with Gasteiger partial charge < -0.3 is 5.43 Å². The van der Waals surface area contributed by atoms with Crippen LogP contribution in [0.1, 0.15) is 20.8 Å². The highest BCUT2D eigenvalue weighted by Gasteiger charge is 2.25. The molecule has 0 radical (unpaired) electrons. The van der Waals surface area contributed by atoms with E-state index in [-0.39, 0.29) is 10.7 Å². The van der Waals surface area contributed by atoms with Gasteiger partial charge in [-0.25, -0.2) is 24.0 Å². The summed E-state index contributed by atoms with van der Waals surface area (Å²) >= 11 is 3.17. The third-order valence-corrected chi connectivity index (χ3v) is 3.89. The van der Waals surface area contributed by atoms with Crippen LogP contribution < -0.4 is 16.0 Å². The molecular weight excluding hydrogens is 308 g/mol. The van der Waals surface area contributed by atoms with E-state index in [2.05, 4.69) is 31.1 Å². The van der Waals surface area contributed by atoms with E-state index in [0.717, 1.165) is 0 Å². The van der Waals surface area contributed by atoms with Gasteiger partial charge in [-0.2, -0.15) is 0 Å². The average molecular weight is 323 g/mol. The third-order valence-electron chi connectivity index (χ3n) is 1.69. The zero-order valence-electron chi connectivity index (χ0n) is 9.78. The van der Waals surface area contributed by atoms with E-state index >= 15 is 0 Å². The second-order valence-corrected chi connectivity index (χ2v) is 7.07. The number of aromatic nitrogens is 1. The van der Waals surface area contributed by atoms with Crippen LogP contribution in [0.15, 0.2) is 21.6 Å². The number of hydrazine groups is 1. The van der Waals surface area contributed by atoms with Crippen LogP contribution in [0.4, 0.5) is 5.82 Å². The zero-order valence-corrected chi connectivity index (χ0v) is 12.2. The van der Waals surface area contributed by atoms with Gasteiger partial charge in [0.2, 0.25) is 10.0 Å². The third kappa shape index (κ3) is 3.91. The van der Waals surface area contributed by atoms with Gasteiger partial charge in [0, 0.05) is 16.2 Å². The Morgan fingerprint density at radius 3 is 2.47 bits per heavy atom. The number of anilines is 1. The fraction of sp³-hybridized carbons (Fsp3) is 0.444. The van der Waals surface area contributed by atoms with E-state index in [1.807, 2.05) is 0 Å². The van der Waals surface area contributed by atoms with Crippen LogP contribution in [0.2, 0.25) is 0 Å². The van der Waals surface area contributed by atoms with E-state index in [0.29, 0.717) is 4.47 Å². The van der Waals surface area contributed by atoms with Crippen LogP contribution in [0.25, 0.3) is 0 Å². The minimum atomic E-state index is -3.67. The molecule has 0 amide bonds. The monoisotopic (exact) mass is 322 g/mol. The summed E-state index contributed by atoms with van der Waals surface area (Å²) in [5.41, 5.74) is 1.69. The number of rotatable bonds is 3. The molecule has 4 N–H and O–H groups in total. The van der Waals surface area contributed by atoms with Crippen molar-refractivity contribution in [3.63, 3.8) is 0 Å². The van der Waals surface area contributed by atoms with Crippen molar-refractivity contribution in [1.82, 2.24) is 9.71 Å². The summed E-state index contributed by atoms with van der Waals surface area (Å²) in [5.74, 6) is 5.34. The summed E-state index contributed by atoms with van der Waals surface area (Å²) in [6.07, 6.45) is 1.46. The van der Waals surface area contributed by atoms with Crippen LogP contribution in [0.3, 0.4) is 0 Å². The smallest absolute Gasteiger partial charge is 0.244 e. The highest BCUT2D eigenvalue weighted by Crippen LogP contribution is 2.23. The molecule has 1 aromatic rings. The number of hydrogen-bond acceptors (Lipinski definition) is 5. The van der Waals surface area contributed by atoms with Crippen molar-refractivity contribution in [2.24, 2.45) is 5.84 Å². The second kappa shape index (κ2) is 4.89. The van der Waals surface area contributed by atoms with Crippen molar-refractivity contribution in [3.05, 3.63) is 16.7 Å². The average Bonchev–Trinajstić information content (AvgIpc) is 2.14. The Balaban J connectivity index is 3.28. The zero-order chi connectivity index (χ0) is 13.3. The molecule has 1 rings (SSSR count). The van der Waals surface area contributed by atoms with E-state index in [1.165, 1.54) is 12.3 Å². The van der Waals surface area contributed by atoms with Gasteiger partial charge in [-0.3, -0.25) is 0 Å². The topological polar surface area (TPSA) is 97.1 Å². The first-order valence-corrected chi connectivity index (χ1v) is 7.09. The Morgan fingerprint density at radius 1 is 1.41 bits per heavy atom. The molecule has 0 bridgehead atoms. The van der Waals surface area contributed by atoms with Crippen molar-refractivity contribution in [2.45, 2.75) is 31.2 Å². The van der Waals surface area contributed by atoms with Gasteiger partial charge in [0.25, 0.3) is 0 Å². The Bertz CT molecular complexity index is 510. The molecule has 0 aliphatic heterocycles. The minimum Gasteiger partial charge on any atom is -0.307 e. The first kappa shape index (κ1) is 14.4. The predicted molar refractivity (Wildman–Crippen MR) is 69.8 cm³/mol. The molecule has 1 aromatic heterocycles. The molecule has 1 heterocycles. The normalized spacial score (nSPS) is 12.5. The molecular formula is C9H15BrN4O2S. The van der Waals surface area contributed by atoms with Crippen LogP contribution in [0.5, 0.6) is 0 Å². The first-order chi connectivity index (χ1) is 7.65. The van der Waals surface area contributed by atoms with E-state index in [9.17, 15) is 8.42 Å². The lowest BCUT2D eigenvalue weighted by molar-refractivity contribution is 0.491. The molecule has 6 nitrogen and oxygen atoms in total. The lowest BCUT2D eigenvalue weighted by atomic mass is 10.1. The summed E-state index contributed by atoms with van der Waals surface area (Å²) in [6, 6.07) is 1.44. The maximum absolute atomic E-state index is 12.1. The summed E-state index contributed by atoms with van der Waals surface area (Å²) in [4.78, 5) is 3.89. The molecule has 0 saturated carbocycles. The van der Waals surface area contributed by atoms with Gasteiger partial charge in [-0.05, 0) is 42.8 Å². The SMILES string of the molecule is CC(C)(C)NS(=O)(=O)c1cc(Br)cnc1NN. The molecule has 0 aromatic carbocycles. The fourth-order valence-corrected chi connectivity index (χ4v) is 3.24. The number of sulfonamides is 1. The molecule has 0 aliphatic rings. The van der Waals surface area contributed by atoms with Crippen molar-refractivity contribution in [2.75, 3.05) is 5.43 Å². The number of pyridine rings is 1. The first-order valence-electron chi connectivity index (χ1n) is 4.82. The number of hydrogen-bond donors (Lipinski definition) is 3. The number of nitrogens with zero attached hydrogens (tertiary/aromatic N) is 1. The lowest BCUT2D eigenvalue weighted by Gasteiger charge is -2.21. The molecule has 0 spiro atoms. The summed E-state index contributed by atoms with van der Waals surface area (Å²) in [6.45, 7) is 5.27. The van der Waals surface area contributed by atoms with Crippen LogP contribution in [-0.2, 0) is 10.0 Å². The highest BCUT2D eigenvalue weighted by atomic mass is 79.9. The molecule has 0 saturated heterocycles. The summed E-state index contributed by atoms with van der Waals surface area (Å²) in [7, 11) is -3.67. The van der Waals surface area contributed by atoms with Gasteiger partial charge in [0.05, 0.1) is 0 Å². The Morgan fingerprint density at radius 2 is 2.00 bits per heavy atom. The van der Waals surface area contributed by atoms with Gasteiger partial charge in [0.1, 0.15) is 4.90 Å². The molecule has 0 aliphatic carbocycles. The maximum Gasteiger partial charge on any atom is 0.244 e. The predicted octanol–water partition coefficient (Wildman–Crippen LogP) is 1.21. The summed E-state index contributed by atoms with van der Waals surface area (Å²) in [5, 5.41) is 0. The molecule has 17 heavy (non-hydrogen) atoms. The van der Waals surface area contributed by atoms with E-state index in [4.69, 9.17) is 5.84 Å². The van der Waals surface area contributed by atoms with Crippen LogP contribution in [0, 0.1) is 0 Å². The lowest BCUT2D eigenvalue weighted by Crippen LogP contribution is -2.40. The maximum atomic E-state index is 12.1. The standard InChI is InChI=1S/C9H15BrN4O2S/c1-9(2,3)14-17(15,16)7-4-6(10)5-12-8(7)13-11/h4-5,14H,11H2,1-3H3,(H,12,13). The van der Waals surface area contributed by atoms with Crippen molar-refractivity contribution in [3.8, 4) is 0 Å². The van der Waals surface area contributed by atoms with Crippen molar-refractivity contribution < 1.29 is 8.42 Å². The Kier molecular flexibility index (Phi) is 4.13. The number of nitrogen functional groups attached to an aromatic ring is 1. The number of halogens is 1. The number of nitrogens with one attached hydrogen (secondary N) is 2. The largest absolute Gasteiger partial charge is 0.307 e. The van der Waals surface area contributed by atoms with E-state index < -0.39 is 15.6 Å². The van der Waals surface area contributed by atoms with Crippen LogP contribution >= 0.6 is 15.9 Å². The van der Waals surface area contributed by atoms with Gasteiger partial charge >= 0.3 is 0 Å². The van der Waals surface area contributed by atoms with Crippen molar-refractivity contribution in [1.29, 1.82) is 0 Å². The van der Waals surface area contributed by atoms with E-state index in [1.54, 1.807) is 20.8 Å². The van der Waals surface area contributed by atoms with Gasteiger partial charge in [0.15, 0.2) is 5.82 Å². The Hall–Kier alpha value is -0.700. The second-order valence-electron chi connectivity index (χ2n) is 4.50.